The van der Waals surface area contributed by atoms with Crippen LogP contribution in [0.15, 0.2) is 66.9 Å². The first-order valence-corrected chi connectivity index (χ1v) is 13.7. The monoisotopic (exact) mass is 545 g/mol. The van der Waals surface area contributed by atoms with Crippen molar-refractivity contribution in [2.45, 2.75) is 45.8 Å². The molecule has 5 rings (SSSR count). The zero-order chi connectivity index (χ0) is 27.9. The summed E-state index contributed by atoms with van der Waals surface area (Å²) in [5.41, 5.74) is 4.29. The highest BCUT2D eigenvalue weighted by atomic mass is 19.1. The summed E-state index contributed by atoms with van der Waals surface area (Å²) in [4.78, 5) is 7.20. The number of halogens is 1. The van der Waals surface area contributed by atoms with Crippen LogP contribution in [0.2, 0.25) is 0 Å². The second-order valence-corrected chi connectivity index (χ2v) is 9.91. The van der Waals surface area contributed by atoms with Crippen LogP contribution in [-0.2, 0) is 26.1 Å². The average molecular weight is 546 g/mol. The van der Waals surface area contributed by atoms with Crippen molar-refractivity contribution in [1.82, 2.24) is 14.5 Å². The Morgan fingerprint density at radius 3 is 2.55 bits per heavy atom. The molecule has 1 aromatic heterocycles. The van der Waals surface area contributed by atoms with Crippen LogP contribution in [0, 0.1) is 5.82 Å². The molecule has 0 saturated carbocycles. The van der Waals surface area contributed by atoms with E-state index in [-0.39, 0.29) is 12.6 Å². The molecule has 0 atom stereocenters. The average Bonchev–Trinajstić information content (AvgIpc) is 3.61. The van der Waals surface area contributed by atoms with Crippen molar-refractivity contribution in [3.05, 3.63) is 89.5 Å². The van der Waals surface area contributed by atoms with Crippen LogP contribution in [0.3, 0.4) is 0 Å². The number of hydrogen-bond donors (Lipinski definition) is 0. The van der Waals surface area contributed by atoms with Gasteiger partial charge in [-0.3, -0.25) is 4.90 Å². The zero-order valence-corrected chi connectivity index (χ0v) is 23.4. The molecule has 0 fully saturated rings. The maximum atomic E-state index is 13.6. The van der Waals surface area contributed by atoms with Crippen LogP contribution in [0.5, 0.6) is 23.0 Å². The topological polar surface area (TPSA) is 58.0 Å². The van der Waals surface area contributed by atoms with E-state index in [0.717, 1.165) is 90.1 Å². The highest BCUT2D eigenvalue weighted by Gasteiger charge is 2.19. The van der Waals surface area contributed by atoms with E-state index in [1.807, 2.05) is 24.4 Å². The van der Waals surface area contributed by atoms with E-state index in [2.05, 4.69) is 34.6 Å². The van der Waals surface area contributed by atoms with Crippen molar-refractivity contribution >= 4 is 0 Å². The number of rotatable bonds is 13. The normalized spacial score (nSPS) is 12.2. The summed E-state index contributed by atoms with van der Waals surface area (Å²) >= 11 is 0. The number of nitrogens with zero attached hydrogens (tertiary/aromatic N) is 3. The first-order chi connectivity index (χ1) is 19.6. The second-order valence-electron chi connectivity index (χ2n) is 9.91. The second kappa shape index (κ2) is 12.9. The summed E-state index contributed by atoms with van der Waals surface area (Å²) in [6.45, 7) is 5.50. The summed E-state index contributed by atoms with van der Waals surface area (Å²) < 4.78 is 38.1. The number of ether oxygens (including phenoxy) is 4. The minimum Gasteiger partial charge on any atom is -0.497 e. The molecular weight excluding hydrogens is 509 g/mol. The van der Waals surface area contributed by atoms with Gasteiger partial charge in [0.25, 0.3) is 0 Å². The predicted molar refractivity (Wildman–Crippen MR) is 152 cm³/mol. The SMILES string of the molecule is CCCCn1c(CN(CCc2ccc(OC)cc2OC)Cc2ccc3c(c2)OCO3)cnc1-c1ccc(F)cc1. The van der Waals surface area contributed by atoms with Crippen LogP contribution >= 0.6 is 0 Å². The van der Waals surface area contributed by atoms with Crippen molar-refractivity contribution in [2.24, 2.45) is 0 Å². The van der Waals surface area contributed by atoms with Gasteiger partial charge >= 0.3 is 0 Å². The lowest BCUT2D eigenvalue weighted by Crippen LogP contribution is -2.27. The maximum absolute atomic E-state index is 13.6. The molecule has 0 spiro atoms. The third-order valence-corrected chi connectivity index (χ3v) is 7.20. The molecule has 210 valence electrons. The molecule has 0 N–H and O–H groups in total. The van der Waals surface area contributed by atoms with E-state index in [1.165, 1.54) is 12.1 Å². The van der Waals surface area contributed by atoms with Crippen LogP contribution < -0.4 is 18.9 Å². The number of unbranched alkanes of at least 4 members (excludes halogenated alkanes) is 1. The Kier molecular flexibility index (Phi) is 8.86. The Morgan fingerprint density at radius 1 is 0.950 bits per heavy atom. The fourth-order valence-corrected chi connectivity index (χ4v) is 5.01. The maximum Gasteiger partial charge on any atom is 0.231 e. The highest BCUT2D eigenvalue weighted by molar-refractivity contribution is 5.56. The standard InChI is InChI=1S/C32H36FN3O4/c1-4-5-15-36-27(19-34-32(36)25-7-10-26(33)11-8-25)21-35(20-23-6-13-29-31(17-23)40-22-39-29)16-14-24-9-12-28(37-2)18-30(24)38-3/h6-13,17-19H,4-5,14-16,20-22H2,1-3H3. The van der Waals surface area contributed by atoms with Crippen molar-refractivity contribution in [1.29, 1.82) is 0 Å². The van der Waals surface area contributed by atoms with E-state index in [1.54, 1.807) is 26.4 Å². The van der Waals surface area contributed by atoms with Gasteiger partial charge in [0.15, 0.2) is 11.5 Å². The number of imidazole rings is 1. The van der Waals surface area contributed by atoms with Gasteiger partial charge in [0.2, 0.25) is 6.79 Å². The third kappa shape index (κ3) is 6.39. The number of hydrogen-bond acceptors (Lipinski definition) is 6. The van der Waals surface area contributed by atoms with Crippen LogP contribution in [0.1, 0.15) is 36.6 Å². The van der Waals surface area contributed by atoms with Crippen molar-refractivity contribution in [3.8, 4) is 34.4 Å². The first-order valence-electron chi connectivity index (χ1n) is 13.7. The minimum absolute atomic E-state index is 0.250. The summed E-state index contributed by atoms with van der Waals surface area (Å²) in [6.07, 6.45) is 4.85. The molecular formula is C32H36FN3O4. The lowest BCUT2D eigenvalue weighted by molar-refractivity contribution is 0.174. The van der Waals surface area contributed by atoms with Crippen LogP contribution in [0.25, 0.3) is 11.4 Å². The summed E-state index contributed by atoms with van der Waals surface area (Å²) in [7, 11) is 3.34. The number of methoxy groups -OCH3 is 2. The van der Waals surface area contributed by atoms with Crippen molar-refractivity contribution in [2.75, 3.05) is 27.6 Å². The van der Waals surface area contributed by atoms with Crippen LogP contribution in [-0.4, -0.2) is 42.0 Å². The molecule has 40 heavy (non-hydrogen) atoms. The van der Waals surface area contributed by atoms with Gasteiger partial charge in [0.05, 0.1) is 26.1 Å². The molecule has 0 amide bonds. The molecule has 3 aromatic carbocycles. The van der Waals surface area contributed by atoms with Gasteiger partial charge < -0.3 is 23.5 Å². The smallest absolute Gasteiger partial charge is 0.231 e. The Hall–Kier alpha value is -4.04. The van der Waals surface area contributed by atoms with Gasteiger partial charge in [0, 0.05) is 37.8 Å². The molecule has 0 bridgehead atoms. The summed E-state index contributed by atoms with van der Waals surface area (Å²) in [6, 6.07) is 18.6. The van der Waals surface area contributed by atoms with Gasteiger partial charge in [-0.15, -0.1) is 0 Å². The van der Waals surface area contributed by atoms with Gasteiger partial charge in [-0.25, -0.2) is 9.37 Å². The Bertz CT molecular complexity index is 1420. The van der Waals surface area contributed by atoms with Crippen molar-refractivity contribution < 1.29 is 23.3 Å². The molecule has 1 aliphatic heterocycles. The Labute approximate surface area is 235 Å². The van der Waals surface area contributed by atoms with E-state index in [9.17, 15) is 4.39 Å². The van der Waals surface area contributed by atoms with Gasteiger partial charge in [-0.05, 0) is 66.4 Å². The van der Waals surface area contributed by atoms with Gasteiger partial charge in [0.1, 0.15) is 23.1 Å². The van der Waals surface area contributed by atoms with Gasteiger partial charge in [-0.2, -0.15) is 0 Å². The number of fused-ring (bicyclic) bond motifs is 1. The molecule has 2 heterocycles. The Morgan fingerprint density at radius 2 is 1.77 bits per heavy atom. The number of benzene rings is 3. The molecule has 0 saturated heterocycles. The number of aromatic nitrogens is 2. The molecule has 0 aliphatic carbocycles. The Balaban J connectivity index is 1.42. The first kappa shape index (κ1) is 27.5. The molecule has 0 radical (unpaired) electrons. The zero-order valence-electron chi connectivity index (χ0n) is 23.4. The fraction of sp³-hybridized carbons (Fsp3) is 0.344. The van der Waals surface area contributed by atoms with E-state index >= 15 is 0 Å². The quantitative estimate of drug-likeness (QED) is 0.192. The predicted octanol–water partition coefficient (Wildman–Crippen LogP) is 6.48. The fourth-order valence-electron chi connectivity index (χ4n) is 5.01. The van der Waals surface area contributed by atoms with Crippen molar-refractivity contribution in [3.63, 3.8) is 0 Å². The summed E-state index contributed by atoms with van der Waals surface area (Å²) in [5, 5.41) is 0. The molecule has 7 nitrogen and oxygen atoms in total. The summed E-state index contributed by atoms with van der Waals surface area (Å²) in [5.74, 6) is 3.75. The molecule has 8 heteroatoms. The molecule has 4 aromatic rings. The lowest BCUT2D eigenvalue weighted by atomic mass is 10.1. The molecule has 1 aliphatic rings. The molecule has 0 unspecified atom stereocenters. The highest BCUT2D eigenvalue weighted by Crippen LogP contribution is 2.33. The lowest BCUT2D eigenvalue weighted by Gasteiger charge is -2.24. The van der Waals surface area contributed by atoms with E-state index in [4.69, 9.17) is 23.9 Å². The largest absolute Gasteiger partial charge is 0.497 e. The van der Waals surface area contributed by atoms with Gasteiger partial charge in [-0.1, -0.05) is 25.5 Å². The van der Waals surface area contributed by atoms with E-state index in [0.29, 0.717) is 6.54 Å². The minimum atomic E-state index is -0.250. The third-order valence-electron chi connectivity index (χ3n) is 7.20. The van der Waals surface area contributed by atoms with E-state index < -0.39 is 0 Å². The van der Waals surface area contributed by atoms with Crippen LogP contribution in [0.4, 0.5) is 4.39 Å².